The van der Waals surface area contributed by atoms with Gasteiger partial charge in [0.2, 0.25) is 5.91 Å². The number of benzene rings is 1. The number of nitrogens with zero attached hydrogens (tertiary/aromatic N) is 1. The third-order valence-corrected chi connectivity index (χ3v) is 3.77. The molecule has 2 rings (SSSR count). The normalized spacial score (nSPS) is 18.2. The Kier molecular flexibility index (Phi) is 5.96. The lowest BCUT2D eigenvalue weighted by atomic mass is 10.2. The van der Waals surface area contributed by atoms with E-state index >= 15 is 0 Å². The molecule has 21 heavy (non-hydrogen) atoms. The molecule has 1 saturated heterocycles. The van der Waals surface area contributed by atoms with Crippen molar-refractivity contribution in [3.8, 4) is 0 Å². The SMILES string of the molecule is CN(CC(=O)NC[C@H]1CCCO1)Cc1ccc(F)cc1Cl. The predicted molar refractivity (Wildman–Crippen MR) is 79.7 cm³/mol. The molecule has 1 aromatic rings. The van der Waals surface area contributed by atoms with Gasteiger partial charge < -0.3 is 10.1 Å². The highest BCUT2D eigenvalue weighted by Crippen LogP contribution is 2.18. The van der Waals surface area contributed by atoms with Gasteiger partial charge >= 0.3 is 0 Å². The minimum absolute atomic E-state index is 0.0498. The molecular weight excluding hydrogens is 295 g/mol. The molecule has 1 heterocycles. The van der Waals surface area contributed by atoms with Gasteiger partial charge in [0, 0.05) is 24.7 Å². The van der Waals surface area contributed by atoms with Crippen LogP contribution in [0.4, 0.5) is 4.39 Å². The van der Waals surface area contributed by atoms with E-state index in [1.165, 1.54) is 12.1 Å². The summed E-state index contributed by atoms with van der Waals surface area (Å²) >= 11 is 5.97. The summed E-state index contributed by atoms with van der Waals surface area (Å²) in [4.78, 5) is 13.7. The Morgan fingerprint density at radius 3 is 3.05 bits per heavy atom. The molecule has 0 aliphatic carbocycles. The van der Waals surface area contributed by atoms with E-state index in [-0.39, 0.29) is 24.4 Å². The Balaban J connectivity index is 1.75. The van der Waals surface area contributed by atoms with Crippen molar-refractivity contribution in [3.63, 3.8) is 0 Å². The van der Waals surface area contributed by atoms with Gasteiger partial charge in [0.15, 0.2) is 0 Å². The fourth-order valence-electron chi connectivity index (χ4n) is 2.33. The second-order valence-electron chi connectivity index (χ2n) is 5.35. The highest BCUT2D eigenvalue weighted by molar-refractivity contribution is 6.31. The van der Waals surface area contributed by atoms with E-state index in [9.17, 15) is 9.18 Å². The van der Waals surface area contributed by atoms with E-state index in [1.54, 1.807) is 6.07 Å². The molecule has 0 bridgehead atoms. The number of halogens is 2. The van der Waals surface area contributed by atoms with Gasteiger partial charge in [-0.2, -0.15) is 0 Å². The third kappa shape index (κ3) is 5.26. The summed E-state index contributed by atoms with van der Waals surface area (Å²) in [5.41, 5.74) is 0.799. The number of carbonyl (C=O) groups is 1. The summed E-state index contributed by atoms with van der Waals surface area (Å²) in [5.74, 6) is -0.410. The van der Waals surface area contributed by atoms with Crippen LogP contribution in [0.15, 0.2) is 18.2 Å². The molecule has 4 nitrogen and oxygen atoms in total. The molecule has 1 amide bonds. The van der Waals surface area contributed by atoms with Gasteiger partial charge in [-0.15, -0.1) is 0 Å². The molecule has 1 N–H and O–H groups in total. The first kappa shape index (κ1) is 16.2. The van der Waals surface area contributed by atoms with Gasteiger partial charge in [0.1, 0.15) is 5.82 Å². The predicted octanol–water partition coefficient (Wildman–Crippen LogP) is 2.21. The third-order valence-electron chi connectivity index (χ3n) is 3.42. The molecule has 1 aliphatic heterocycles. The van der Waals surface area contributed by atoms with Gasteiger partial charge in [-0.05, 0) is 37.6 Å². The number of rotatable bonds is 6. The molecule has 1 atom stereocenters. The van der Waals surface area contributed by atoms with E-state index in [0.717, 1.165) is 25.0 Å². The van der Waals surface area contributed by atoms with Crippen LogP contribution in [0, 0.1) is 5.82 Å². The Bertz CT molecular complexity index is 493. The molecule has 0 saturated carbocycles. The smallest absolute Gasteiger partial charge is 0.234 e. The van der Waals surface area contributed by atoms with Gasteiger partial charge in [-0.1, -0.05) is 17.7 Å². The summed E-state index contributed by atoms with van der Waals surface area (Å²) in [6, 6.07) is 4.28. The average Bonchev–Trinajstić information content (AvgIpc) is 2.93. The maximum atomic E-state index is 13.0. The zero-order valence-corrected chi connectivity index (χ0v) is 12.8. The fraction of sp³-hybridized carbons (Fsp3) is 0.533. The molecule has 116 valence electrons. The first-order chi connectivity index (χ1) is 10.0. The minimum atomic E-state index is -0.360. The van der Waals surface area contributed by atoms with Crippen molar-refractivity contribution >= 4 is 17.5 Å². The number of hydrogen-bond donors (Lipinski definition) is 1. The van der Waals surface area contributed by atoms with Crippen LogP contribution < -0.4 is 5.32 Å². The lowest BCUT2D eigenvalue weighted by Crippen LogP contribution is -2.38. The summed E-state index contributed by atoms with van der Waals surface area (Å²) in [5, 5.41) is 3.24. The molecule has 0 radical (unpaired) electrons. The number of amides is 1. The second kappa shape index (κ2) is 7.73. The zero-order valence-electron chi connectivity index (χ0n) is 12.1. The zero-order chi connectivity index (χ0) is 15.2. The lowest BCUT2D eigenvalue weighted by Gasteiger charge is -2.18. The molecule has 6 heteroatoms. The standard InChI is InChI=1S/C15H20ClFN2O2/c1-19(9-11-4-5-12(17)7-14(11)16)10-15(20)18-8-13-3-2-6-21-13/h4-5,7,13H,2-3,6,8-10H2,1H3,(H,18,20)/t13-/m1/s1. The number of carbonyl (C=O) groups excluding carboxylic acids is 1. The fourth-order valence-corrected chi connectivity index (χ4v) is 2.56. The van der Waals surface area contributed by atoms with Crippen LogP contribution in [0.2, 0.25) is 5.02 Å². The van der Waals surface area contributed by atoms with E-state index in [2.05, 4.69) is 5.32 Å². The summed E-state index contributed by atoms with van der Waals surface area (Å²) in [7, 11) is 1.82. The Morgan fingerprint density at radius 1 is 1.57 bits per heavy atom. The van der Waals surface area contributed by atoms with Gasteiger partial charge in [0.05, 0.1) is 12.6 Å². The maximum absolute atomic E-state index is 13.0. The van der Waals surface area contributed by atoms with Crippen molar-refractivity contribution in [2.24, 2.45) is 0 Å². The van der Waals surface area contributed by atoms with Gasteiger partial charge in [-0.3, -0.25) is 9.69 Å². The Hall–Kier alpha value is -1.17. The minimum Gasteiger partial charge on any atom is -0.376 e. The van der Waals surface area contributed by atoms with E-state index in [1.807, 2.05) is 11.9 Å². The monoisotopic (exact) mass is 314 g/mol. The van der Waals surface area contributed by atoms with Crippen LogP contribution in [0.5, 0.6) is 0 Å². The molecule has 1 fully saturated rings. The van der Waals surface area contributed by atoms with Crippen molar-refractivity contribution in [3.05, 3.63) is 34.6 Å². The quantitative estimate of drug-likeness (QED) is 0.875. The number of hydrogen-bond acceptors (Lipinski definition) is 3. The molecule has 1 aliphatic rings. The van der Waals surface area contributed by atoms with E-state index < -0.39 is 0 Å². The van der Waals surface area contributed by atoms with Gasteiger partial charge in [-0.25, -0.2) is 4.39 Å². The van der Waals surface area contributed by atoms with Crippen LogP contribution in [-0.4, -0.2) is 43.7 Å². The van der Waals surface area contributed by atoms with E-state index in [4.69, 9.17) is 16.3 Å². The van der Waals surface area contributed by atoms with Crippen molar-refractivity contribution < 1.29 is 13.9 Å². The van der Waals surface area contributed by atoms with Crippen LogP contribution in [0.1, 0.15) is 18.4 Å². The first-order valence-electron chi connectivity index (χ1n) is 7.05. The highest BCUT2D eigenvalue weighted by Gasteiger charge is 2.16. The van der Waals surface area contributed by atoms with E-state index in [0.29, 0.717) is 18.1 Å². The topological polar surface area (TPSA) is 41.6 Å². The Morgan fingerprint density at radius 2 is 2.38 bits per heavy atom. The van der Waals surface area contributed by atoms with Crippen molar-refractivity contribution in [2.75, 3.05) is 26.7 Å². The Labute approximate surface area is 129 Å². The van der Waals surface area contributed by atoms with Crippen LogP contribution in [-0.2, 0) is 16.1 Å². The maximum Gasteiger partial charge on any atom is 0.234 e. The number of likely N-dealkylation sites (N-methyl/N-ethyl adjacent to an activating group) is 1. The average molecular weight is 315 g/mol. The molecule has 0 unspecified atom stereocenters. The highest BCUT2D eigenvalue weighted by atomic mass is 35.5. The van der Waals surface area contributed by atoms with Crippen molar-refractivity contribution in [2.45, 2.75) is 25.5 Å². The lowest BCUT2D eigenvalue weighted by molar-refractivity contribution is -0.122. The van der Waals surface area contributed by atoms with Crippen molar-refractivity contribution in [1.29, 1.82) is 0 Å². The number of nitrogens with one attached hydrogen (secondary N) is 1. The number of ether oxygens (including phenoxy) is 1. The molecule has 0 spiro atoms. The summed E-state index contributed by atoms with van der Waals surface area (Å²) < 4.78 is 18.4. The summed E-state index contributed by atoms with van der Waals surface area (Å²) in [6.07, 6.45) is 2.20. The van der Waals surface area contributed by atoms with Crippen molar-refractivity contribution in [1.82, 2.24) is 10.2 Å². The van der Waals surface area contributed by atoms with Crippen LogP contribution in [0.25, 0.3) is 0 Å². The largest absolute Gasteiger partial charge is 0.376 e. The molecular formula is C15H20ClFN2O2. The van der Waals surface area contributed by atoms with Crippen LogP contribution >= 0.6 is 11.6 Å². The van der Waals surface area contributed by atoms with Crippen LogP contribution in [0.3, 0.4) is 0 Å². The second-order valence-corrected chi connectivity index (χ2v) is 5.75. The summed E-state index contributed by atoms with van der Waals surface area (Å²) in [6.45, 7) is 2.10. The van der Waals surface area contributed by atoms with Gasteiger partial charge in [0.25, 0.3) is 0 Å². The molecule has 1 aromatic carbocycles. The first-order valence-corrected chi connectivity index (χ1v) is 7.43. The molecule has 0 aromatic heterocycles.